The normalized spacial score (nSPS) is 33.5. The van der Waals surface area contributed by atoms with E-state index in [2.05, 4.69) is 22.6 Å². The van der Waals surface area contributed by atoms with E-state index in [0.717, 1.165) is 22.0 Å². The molecule has 3 saturated carbocycles. The maximum Gasteiger partial charge on any atom is 0.238 e. The van der Waals surface area contributed by atoms with Crippen LogP contribution in [0.2, 0.25) is 0 Å². The first-order valence-electron chi connectivity index (χ1n) is 7.65. The van der Waals surface area contributed by atoms with E-state index in [0.29, 0.717) is 12.1 Å². The maximum absolute atomic E-state index is 12.8. The van der Waals surface area contributed by atoms with Gasteiger partial charge in [-0.15, -0.1) is 0 Å². The van der Waals surface area contributed by atoms with Crippen molar-refractivity contribution in [2.24, 2.45) is 23.7 Å². The highest BCUT2D eigenvalue weighted by Crippen LogP contribution is 2.52. The van der Waals surface area contributed by atoms with Gasteiger partial charge in [-0.3, -0.25) is 14.4 Å². The monoisotopic (exact) mass is 409 g/mol. The molecule has 3 aliphatic carbocycles. The molecule has 2 bridgehead atoms. The van der Waals surface area contributed by atoms with E-state index in [9.17, 15) is 14.4 Å². The van der Waals surface area contributed by atoms with Crippen molar-refractivity contribution in [1.82, 2.24) is 0 Å². The average Bonchev–Trinajstić information content (AvgIpc) is 2.76. The fourth-order valence-electron chi connectivity index (χ4n) is 4.36. The van der Waals surface area contributed by atoms with Gasteiger partial charge in [0.2, 0.25) is 11.8 Å². The third kappa shape index (κ3) is 1.84. The fraction of sp³-hybridized carbons (Fsp3) is 0.471. The number of aryl methyl sites for hydroxylation is 1. The van der Waals surface area contributed by atoms with Gasteiger partial charge in [-0.25, -0.2) is 4.90 Å². The van der Waals surface area contributed by atoms with Crippen LogP contribution in [-0.2, 0) is 14.4 Å². The van der Waals surface area contributed by atoms with Crippen molar-refractivity contribution in [2.45, 2.75) is 26.2 Å². The lowest BCUT2D eigenvalue weighted by molar-refractivity contribution is -0.143. The summed E-state index contributed by atoms with van der Waals surface area (Å²) in [6, 6.07) is 5.64. The topological polar surface area (TPSA) is 54.5 Å². The summed E-state index contributed by atoms with van der Waals surface area (Å²) in [6.45, 7) is 2.00. The molecule has 0 spiro atoms. The molecule has 4 fully saturated rings. The Bertz CT molecular complexity index is 714. The minimum absolute atomic E-state index is 0.0634. The number of carbonyl (C=O) groups excluding carboxylic acids is 3. The van der Waals surface area contributed by atoms with E-state index in [1.54, 1.807) is 0 Å². The summed E-state index contributed by atoms with van der Waals surface area (Å²) in [5, 5.41) is 0. The van der Waals surface area contributed by atoms with Crippen molar-refractivity contribution < 1.29 is 14.4 Å². The molecule has 5 rings (SSSR count). The Labute approximate surface area is 142 Å². The van der Waals surface area contributed by atoms with Crippen molar-refractivity contribution in [2.75, 3.05) is 4.90 Å². The third-order valence-corrected chi connectivity index (χ3v) is 6.64. The average molecular weight is 409 g/mol. The van der Waals surface area contributed by atoms with Gasteiger partial charge in [0.15, 0.2) is 0 Å². The highest BCUT2D eigenvalue weighted by atomic mass is 127. The van der Waals surface area contributed by atoms with E-state index in [4.69, 9.17) is 0 Å². The number of Topliss-reactive ketones (excluding diaryl/α,β-unsaturated/α-hetero) is 1. The van der Waals surface area contributed by atoms with Crippen LogP contribution in [0.1, 0.15) is 24.8 Å². The van der Waals surface area contributed by atoms with Gasteiger partial charge in [-0.1, -0.05) is 6.07 Å². The van der Waals surface area contributed by atoms with Crippen LogP contribution in [0, 0.1) is 34.2 Å². The molecule has 0 radical (unpaired) electrons. The molecule has 4 unspecified atom stereocenters. The van der Waals surface area contributed by atoms with Gasteiger partial charge in [0.25, 0.3) is 0 Å². The van der Waals surface area contributed by atoms with E-state index in [1.165, 1.54) is 4.90 Å². The highest BCUT2D eigenvalue weighted by Gasteiger charge is 2.60. The zero-order valence-electron chi connectivity index (χ0n) is 12.2. The first-order valence-corrected chi connectivity index (χ1v) is 8.73. The lowest BCUT2D eigenvalue weighted by Gasteiger charge is -2.41. The molecule has 1 saturated heterocycles. The zero-order valence-corrected chi connectivity index (χ0v) is 14.4. The summed E-state index contributed by atoms with van der Waals surface area (Å²) in [4.78, 5) is 39.1. The maximum atomic E-state index is 12.8. The molecule has 1 aliphatic heterocycles. The second kappa shape index (κ2) is 4.88. The molecule has 4 nitrogen and oxygen atoms in total. The molecule has 1 aromatic carbocycles. The number of carbonyl (C=O) groups is 3. The first kappa shape index (κ1) is 14.4. The van der Waals surface area contributed by atoms with Crippen LogP contribution in [0.4, 0.5) is 5.69 Å². The highest BCUT2D eigenvalue weighted by molar-refractivity contribution is 14.1. The molecular formula is C17H16INO3. The van der Waals surface area contributed by atoms with Gasteiger partial charge in [-0.05, 0) is 66.0 Å². The molecule has 4 atom stereocenters. The van der Waals surface area contributed by atoms with E-state index in [1.807, 2.05) is 25.1 Å². The van der Waals surface area contributed by atoms with Gasteiger partial charge in [-0.2, -0.15) is 0 Å². The second-order valence-corrected chi connectivity index (χ2v) is 7.77. The lowest BCUT2D eigenvalue weighted by atomic mass is 9.59. The van der Waals surface area contributed by atoms with Crippen LogP contribution in [0.25, 0.3) is 0 Å². The number of hydrogen-bond acceptors (Lipinski definition) is 3. The fourth-order valence-corrected chi connectivity index (χ4v) is 4.86. The van der Waals surface area contributed by atoms with Crippen molar-refractivity contribution in [3.63, 3.8) is 0 Å². The second-order valence-electron chi connectivity index (χ2n) is 6.61. The van der Waals surface area contributed by atoms with Gasteiger partial charge in [0.05, 0.1) is 17.5 Å². The smallest absolute Gasteiger partial charge is 0.238 e. The number of imide groups is 1. The standard InChI is InChI=1S/C17H16INO3/c1-8-2-4-10(7-12(8)18)19-16(21)14-9-3-5-11(13(20)6-9)15(14)17(19)22/h2,4,7,9,11,14-15H,3,5-6H2,1H3. The lowest BCUT2D eigenvalue weighted by Crippen LogP contribution is -2.46. The summed E-state index contributed by atoms with van der Waals surface area (Å²) in [5.41, 5.74) is 1.77. The number of benzene rings is 1. The number of anilines is 1. The summed E-state index contributed by atoms with van der Waals surface area (Å²) in [5.74, 6) is -0.947. The Morgan fingerprint density at radius 2 is 1.82 bits per heavy atom. The SMILES string of the molecule is Cc1ccc(N2C(=O)C3C4CCC(C(=O)C4)C3C2=O)cc1I. The Morgan fingerprint density at radius 1 is 1.09 bits per heavy atom. The quantitative estimate of drug-likeness (QED) is 0.530. The Morgan fingerprint density at radius 3 is 2.50 bits per heavy atom. The Balaban J connectivity index is 1.77. The molecule has 2 amide bonds. The Kier molecular flexibility index (Phi) is 3.18. The van der Waals surface area contributed by atoms with Crippen LogP contribution in [0.3, 0.4) is 0 Å². The molecule has 114 valence electrons. The van der Waals surface area contributed by atoms with Gasteiger partial charge >= 0.3 is 0 Å². The number of rotatable bonds is 1. The predicted octanol–water partition coefficient (Wildman–Crippen LogP) is 2.70. The molecule has 4 aliphatic rings. The van der Waals surface area contributed by atoms with Crippen molar-refractivity contribution in [3.8, 4) is 0 Å². The summed E-state index contributed by atoms with van der Waals surface area (Å²) < 4.78 is 1.03. The summed E-state index contributed by atoms with van der Waals surface area (Å²) in [7, 11) is 0. The number of amides is 2. The number of nitrogens with zero attached hydrogens (tertiary/aromatic N) is 1. The number of hydrogen-bond donors (Lipinski definition) is 0. The zero-order chi connectivity index (χ0) is 15.6. The van der Waals surface area contributed by atoms with Gasteiger partial charge in [0.1, 0.15) is 5.78 Å². The number of fused-ring (bicyclic) bond motifs is 2. The summed E-state index contributed by atoms with van der Waals surface area (Å²) in [6.07, 6.45) is 2.14. The van der Waals surface area contributed by atoms with Crippen molar-refractivity contribution >= 4 is 45.9 Å². The van der Waals surface area contributed by atoms with Crippen LogP contribution >= 0.6 is 22.6 Å². The van der Waals surface area contributed by atoms with E-state index < -0.39 is 5.92 Å². The Hall–Kier alpha value is -1.24. The van der Waals surface area contributed by atoms with E-state index in [-0.39, 0.29) is 35.4 Å². The van der Waals surface area contributed by atoms with Crippen LogP contribution in [0.15, 0.2) is 18.2 Å². The molecular weight excluding hydrogens is 393 g/mol. The van der Waals surface area contributed by atoms with Gasteiger partial charge < -0.3 is 0 Å². The molecule has 0 aromatic heterocycles. The van der Waals surface area contributed by atoms with Crippen molar-refractivity contribution in [3.05, 3.63) is 27.3 Å². The minimum atomic E-state index is -0.411. The molecule has 22 heavy (non-hydrogen) atoms. The van der Waals surface area contributed by atoms with Crippen LogP contribution < -0.4 is 4.90 Å². The third-order valence-electron chi connectivity index (χ3n) is 5.48. The predicted molar refractivity (Wildman–Crippen MR) is 89.2 cm³/mol. The molecule has 1 heterocycles. The number of ketones is 1. The van der Waals surface area contributed by atoms with Crippen LogP contribution in [0.5, 0.6) is 0 Å². The van der Waals surface area contributed by atoms with Gasteiger partial charge in [0, 0.05) is 15.9 Å². The van der Waals surface area contributed by atoms with Crippen LogP contribution in [-0.4, -0.2) is 17.6 Å². The first-order chi connectivity index (χ1) is 10.5. The minimum Gasteiger partial charge on any atom is -0.299 e. The largest absolute Gasteiger partial charge is 0.299 e. The van der Waals surface area contributed by atoms with Crippen molar-refractivity contribution in [1.29, 1.82) is 0 Å². The molecule has 0 N–H and O–H groups in total. The molecule has 1 aromatic rings. The number of halogens is 1. The molecule has 5 heteroatoms. The van der Waals surface area contributed by atoms with E-state index >= 15 is 0 Å². The summed E-state index contributed by atoms with van der Waals surface area (Å²) >= 11 is 2.21.